The van der Waals surface area contributed by atoms with Gasteiger partial charge in [0.1, 0.15) is 0 Å². The van der Waals surface area contributed by atoms with Crippen LogP contribution in [0.3, 0.4) is 0 Å². The van der Waals surface area contributed by atoms with E-state index in [1.165, 1.54) is 6.26 Å². The lowest BCUT2D eigenvalue weighted by Gasteiger charge is -2.27. The topological polar surface area (TPSA) is 34.1 Å². The van der Waals surface area contributed by atoms with Gasteiger partial charge in [0, 0.05) is 6.26 Å². The van der Waals surface area contributed by atoms with Gasteiger partial charge in [-0.1, -0.05) is 33.1 Å². The van der Waals surface area contributed by atoms with Crippen molar-refractivity contribution in [3.8, 4) is 0 Å². The third-order valence-corrected chi connectivity index (χ3v) is 4.93. The zero-order valence-electron chi connectivity index (χ0n) is 9.26. The number of hydrogen-bond acceptors (Lipinski definition) is 2. The van der Waals surface area contributed by atoms with Gasteiger partial charge in [-0.05, 0) is 19.8 Å². The van der Waals surface area contributed by atoms with E-state index in [2.05, 4.69) is 6.92 Å². The Morgan fingerprint density at radius 1 is 1.08 bits per heavy atom. The van der Waals surface area contributed by atoms with Gasteiger partial charge >= 0.3 is 0 Å². The van der Waals surface area contributed by atoms with Gasteiger partial charge < -0.3 is 0 Å². The molecule has 0 saturated heterocycles. The van der Waals surface area contributed by atoms with Crippen LogP contribution in [0.2, 0.25) is 0 Å². The monoisotopic (exact) mass is 206 g/mol. The summed E-state index contributed by atoms with van der Waals surface area (Å²) in [5.74, 6) is 0. The van der Waals surface area contributed by atoms with Crippen LogP contribution >= 0.6 is 0 Å². The molecule has 3 heteroatoms. The number of rotatable bonds is 6. The Bertz CT molecular complexity index is 231. The molecule has 0 spiro atoms. The van der Waals surface area contributed by atoms with E-state index in [0.717, 1.165) is 32.1 Å². The van der Waals surface area contributed by atoms with Crippen molar-refractivity contribution in [2.45, 2.75) is 57.6 Å². The SMILES string of the molecule is CCCCC(C)(CCC)S(C)(=O)=O. The van der Waals surface area contributed by atoms with Crippen molar-refractivity contribution in [3.05, 3.63) is 0 Å². The van der Waals surface area contributed by atoms with Crippen LogP contribution in [0.1, 0.15) is 52.9 Å². The molecule has 0 aromatic heterocycles. The molecule has 0 aliphatic heterocycles. The fourth-order valence-electron chi connectivity index (χ4n) is 1.58. The van der Waals surface area contributed by atoms with Gasteiger partial charge in [-0.2, -0.15) is 0 Å². The van der Waals surface area contributed by atoms with Crippen molar-refractivity contribution in [2.24, 2.45) is 0 Å². The van der Waals surface area contributed by atoms with Crippen LogP contribution in [-0.2, 0) is 9.84 Å². The quantitative estimate of drug-likeness (QED) is 0.669. The smallest absolute Gasteiger partial charge is 0.152 e. The maximum atomic E-state index is 11.5. The summed E-state index contributed by atoms with van der Waals surface area (Å²) in [5, 5.41) is 0. The van der Waals surface area contributed by atoms with Gasteiger partial charge in [-0.3, -0.25) is 0 Å². The lowest BCUT2D eigenvalue weighted by atomic mass is 9.98. The Labute approximate surface area is 82.6 Å². The van der Waals surface area contributed by atoms with E-state index in [4.69, 9.17) is 0 Å². The highest BCUT2D eigenvalue weighted by Gasteiger charge is 2.33. The average Bonchev–Trinajstić information content (AvgIpc) is 1.99. The third-order valence-electron chi connectivity index (χ3n) is 2.73. The van der Waals surface area contributed by atoms with E-state index in [1.54, 1.807) is 0 Å². The molecule has 0 saturated carbocycles. The van der Waals surface area contributed by atoms with E-state index in [0.29, 0.717) is 0 Å². The molecule has 80 valence electrons. The van der Waals surface area contributed by atoms with E-state index < -0.39 is 14.6 Å². The molecule has 13 heavy (non-hydrogen) atoms. The van der Waals surface area contributed by atoms with Crippen LogP contribution < -0.4 is 0 Å². The summed E-state index contributed by atoms with van der Waals surface area (Å²) in [4.78, 5) is 0. The molecular formula is C10H22O2S. The summed E-state index contributed by atoms with van der Waals surface area (Å²) < 4.78 is 22.6. The molecule has 0 N–H and O–H groups in total. The second kappa shape index (κ2) is 4.99. The first kappa shape index (κ1) is 12.9. The minimum absolute atomic E-state index is 0.488. The summed E-state index contributed by atoms with van der Waals surface area (Å²) in [5.41, 5.74) is 0. The van der Waals surface area contributed by atoms with E-state index >= 15 is 0 Å². The van der Waals surface area contributed by atoms with Crippen LogP contribution in [0.25, 0.3) is 0 Å². The molecule has 0 radical (unpaired) electrons. The van der Waals surface area contributed by atoms with Crippen LogP contribution in [0.5, 0.6) is 0 Å². The van der Waals surface area contributed by atoms with Gasteiger partial charge in [-0.25, -0.2) is 8.42 Å². The van der Waals surface area contributed by atoms with E-state index in [-0.39, 0.29) is 0 Å². The Hall–Kier alpha value is -0.0500. The number of hydrogen-bond donors (Lipinski definition) is 0. The summed E-state index contributed by atoms with van der Waals surface area (Å²) in [6, 6.07) is 0. The fraction of sp³-hybridized carbons (Fsp3) is 1.00. The second-order valence-electron chi connectivity index (χ2n) is 4.08. The van der Waals surface area contributed by atoms with Crippen molar-refractivity contribution in [2.75, 3.05) is 6.26 Å². The van der Waals surface area contributed by atoms with Gasteiger partial charge in [0.2, 0.25) is 0 Å². The van der Waals surface area contributed by atoms with Crippen LogP contribution in [-0.4, -0.2) is 19.4 Å². The highest BCUT2D eigenvalue weighted by molar-refractivity contribution is 7.92. The summed E-state index contributed by atoms with van der Waals surface area (Å²) in [6.07, 6.45) is 5.95. The molecule has 0 aromatic carbocycles. The lowest BCUT2D eigenvalue weighted by Crippen LogP contribution is -2.34. The molecule has 0 fully saturated rings. The molecule has 0 aromatic rings. The molecule has 0 amide bonds. The summed E-state index contributed by atoms with van der Waals surface area (Å²) >= 11 is 0. The predicted molar refractivity (Wildman–Crippen MR) is 57.7 cm³/mol. The normalized spacial score (nSPS) is 16.9. The summed E-state index contributed by atoms with van der Waals surface area (Å²) in [6.45, 7) is 6.01. The van der Waals surface area contributed by atoms with E-state index in [9.17, 15) is 8.42 Å². The minimum Gasteiger partial charge on any atom is -0.229 e. The first-order valence-electron chi connectivity index (χ1n) is 5.07. The van der Waals surface area contributed by atoms with Crippen LogP contribution in [0, 0.1) is 0 Å². The van der Waals surface area contributed by atoms with Gasteiger partial charge in [0.05, 0.1) is 4.75 Å². The Kier molecular flexibility index (Phi) is 4.97. The molecule has 0 bridgehead atoms. The van der Waals surface area contributed by atoms with E-state index in [1.807, 2.05) is 13.8 Å². The van der Waals surface area contributed by atoms with Gasteiger partial charge in [-0.15, -0.1) is 0 Å². The predicted octanol–water partition coefficient (Wildman–Crippen LogP) is 2.78. The average molecular weight is 206 g/mol. The fourth-order valence-corrected chi connectivity index (χ4v) is 2.67. The molecule has 2 nitrogen and oxygen atoms in total. The van der Waals surface area contributed by atoms with Crippen molar-refractivity contribution in [3.63, 3.8) is 0 Å². The minimum atomic E-state index is -2.90. The second-order valence-corrected chi connectivity index (χ2v) is 6.61. The van der Waals surface area contributed by atoms with Crippen molar-refractivity contribution in [1.82, 2.24) is 0 Å². The first-order valence-corrected chi connectivity index (χ1v) is 6.96. The lowest BCUT2D eigenvalue weighted by molar-refractivity contribution is 0.464. The third kappa shape index (κ3) is 3.67. The van der Waals surface area contributed by atoms with Crippen LogP contribution in [0.15, 0.2) is 0 Å². The van der Waals surface area contributed by atoms with Crippen molar-refractivity contribution >= 4 is 9.84 Å². The zero-order chi connectivity index (χ0) is 10.5. The Morgan fingerprint density at radius 2 is 1.62 bits per heavy atom. The molecule has 0 aliphatic carbocycles. The van der Waals surface area contributed by atoms with Gasteiger partial charge in [0.15, 0.2) is 9.84 Å². The molecule has 1 atom stereocenters. The molecule has 0 rings (SSSR count). The zero-order valence-corrected chi connectivity index (χ0v) is 10.1. The maximum Gasteiger partial charge on any atom is 0.152 e. The number of unbranched alkanes of at least 4 members (excludes halogenated alkanes) is 1. The summed E-state index contributed by atoms with van der Waals surface area (Å²) in [7, 11) is -2.90. The van der Waals surface area contributed by atoms with Crippen molar-refractivity contribution < 1.29 is 8.42 Å². The first-order chi connectivity index (χ1) is 5.87. The molecule has 0 heterocycles. The number of sulfone groups is 1. The van der Waals surface area contributed by atoms with Gasteiger partial charge in [0.25, 0.3) is 0 Å². The molecule has 0 aliphatic rings. The maximum absolute atomic E-state index is 11.5. The Balaban J connectivity index is 4.53. The highest BCUT2D eigenvalue weighted by atomic mass is 32.2. The molecule has 1 unspecified atom stereocenters. The largest absolute Gasteiger partial charge is 0.229 e. The standard InChI is InChI=1S/C10H22O2S/c1-5-7-9-10(3,8-6-2)13(4,11)12/h5-9H2,1-4H3. The molecular weight excluding hydrogens is 184 g/mol. The van der Waals surface area contributed by atoms with Crippen molar-refractivity contribution in [1.29, 1.82) is 0 Å². The van der Waals surface area contributed by atoms with Crippen LogP contribution in [0.4, 0.5) is 0 Å². The Morgan fingerprint density at radius 3 is 1.92 bits per heavy atom. The highest BCUT2D eigenvalue weighted by Crippen LogP contribution is 2.28.